The van der Waals surface area contributed by atoms with Crippen molar-refractivity contribution in [2.24, 2.45) is 5.10 Å². The number of rotatable bonds is 6. The molecule has 4 heteroatoms. The van der Waals surface area contributed by atoms with E-state index in [4.69, 9.17) is 5.10 Å². The molecule has 208 valence electrons. The number of benzene rings is 4. The van der Waals surface area contributed by atoms with Crippen LogP contribution >= 0.6 is 0 Å². The van der Waals surface area contributed by atoms with Gasteiger partial charge in [-0.1, -0.05) is 98.8 Å². The number of amidine groups is 1. The lowest BCUT2D eigenvalue weighted by Crippen LogP contribution is -2.34. The molecule has 1 atom stereocenters. The zero-order valence-electron chi connectivity index (χ0n) is 24.8. The summed E-state index contributed by atoms with van der Waals surface area (Å²) in [5.41, 5.74) is 9.72. The molecule has 0 saturated carbocycles. The summed E-state index contributed by atoms with van der Waals surface area (Å²) >= 11 is 0. The van der Waals surface area contributed by atoms with Crippen molar-refractivity contribution in [3.8, 4) is 0 Å². The number of allylic oxidation sites excluding steroid dienone is 3. The second-order valence-electron chi connectivity index (χ2n) is 10.3. The van der Waals surface area contributed by atoms with E-state index in [1.807, 2.05) is 19.9 Å². The van der Waals surface area contributed by atoms with Gasteiger partial charge in [0.2, 0.25) is 0 Å². The summed E-state index contributed by atoms with van der Waals surface area (Å²) in [6, 6.07) is 38.6. The topological polar surface area (TPSA) is 22.1 Å². The molecule has 0 N–H and O–H groups in total. The molecule has 2 aliphatic rings. The van der Waals surface area contributed by atoms with Crippen molar-refractivity contribution < 1.29 is 0 Å². The minimum absolute atomic E-state index is 0.0564. The first-order valence-electron chi connectivity index (χ1n) is 14.6. The smallest absolute Gasteiger partial charge is 0.162 e. The quantitative estimate of drug-likeness (QED) is 0.243. The Morgan fingerprint density at radius 1 is 0.756 bits per heavy atom. The van der Waals surface area contributed by atoms with E-state index in [0.29, 0.717) is 0 Å². The molecule has 0 fully saturated rings. The largest absolute Gasteiger partial charge is 0.310 e. The maximum Gasteiger partial charge on any atom is 0.162 e. The third kappa shape index (κ3) is 5.69. The first kappa shape index (κ1) is 28.0. The summed E-state index contributed by atoms with van der Waals surface area (Å²) in [7, 11) is 2.06. The van der Waals surface area contributed by atoms with Crippen molar-refractivity contribution in [2.75, 3.05) is 16.8 Å². The average molecular weight is 541 g/mol. The third-order valence-electron chi connectivity index (χ3n) is 7.59. The lowest BCUT2D eigenvalue weighted by Gasteiger charge is -2.33. The molecule has 4 aromatic rings. The van der Waals surface area contributed by atoms with Gasteiger partial charge in [0, 0.05) is 35.4 Å². The molecule has 1 heterocycles. The minimum atomic E-state index is -0.0564. The van der Waals surface area contributed by atoms with Gasteiger partial charge >= 0.3 is 0 Å². The fraction of sp³-hybridized carbons (Fsp3) is 0.216. The first-order valence-corrected chi connectivity index (χ1v) is 14.6. The van der Waals surface area contributed by atoms with Gasteiger partial charge in [0.1, 0.15) is 6.17 Å². The summed E-state index contributed by atoms with van der Waals surface area (Å²) in [6.45, 7) is 8.44. The maximum atomic E-state index is 5.02. The highest BCUT2D eigenvalue weighted by Crippen LogP contribution is 2.40. The van der Waals surface area contributed by atoms with Crippen LogP contribution in [0.25, 0.3) is 0 Å². The Morgan fingerprint density at radius 2 is 1.39 bits per heavy atom. The molecule has 1 aliphatic heterocycles. The van der Waals surface area contributed by atoms with Crippen LogP contribution in [0.4, 0.5) is 17.1 Å². The molecule has 41 heavy (non-hydrogen) atoms. The molecule has 0 bridgehead atoms. The Balaban J connectivity index is 0.00000165. The normalized spacial score (nSPS) is 16.3. The van der Waals surface area contributed by atoms with Crippen LogP contribution in [0.15, 0.2) is 138 Å². The van der Waals surface area contributed by atoms with Gasteiger partial charge in [-0.25, -0.2) is 0 Å². The van der Waals surface area contributed by atoms with Crippen molar-refractivity contribution in [1.82, 2.24) is 5.01 Å². The van der Waals surface area contributed by atoms with Gasteiger partial charge in [0.15, 0.2) is 5.84 Å². The number of hydrogen-bond acceptors (Lipinski definition) is 4. The predicted octanol–water partition coefficient (Wildman–Crippen LogP) is 9.60. The van der Waals surface area contributed by atoms with Crippen LogP contribution in [0, 0.1) is 6.92 Å². The number of hydrogen-bond donors (Lipinski definition) is 0. The van der Waals surface area contributed by atoms with Gasteiger partial charge in [-0.3, -0.25) is 9.91 Å². The van der Waals surface area contributed by atoms with Crippen LogP contribution in [0.3, 0.4) is 0 Å². The second kappa shape index (κ2) is 12.7. The summed E-state index contributed by atoms with van der Waals surface area (Å²) in [5, 5.41) is 7.09. The van der Waals surface area contributed by atoms with E-state index in [2.05, 4.69) is 151 Å². The fourth-order valence-electron chi connectivity index (χ4n) is 5.58. The predicted molar refractivity (Wildman–Crippen MR) is 175 cm³/mol. The van der Waals surface area contributed by atoms with Crippen LogP contribution in [0.5, 0.6) is 0 Å². The Bertz CT molecular complexity index is 1540. The molecular formula is C37H40N4. The van der Waals surface area contributed by atoms with Crippen molar-refractivity contribution in [3.63, 3.8) is 0 Å². The van der Waals surface area contributed by atoms with Crippen molar-refractivity contribution in [3.05, 3.63) is 149 Å². The van der Waals surface area contributed by atoms with E-state index in [1.165, 1.54) is 28.1 Å². The second-order valence-corrected chi connectivity index (χ2v) is 10.3. The highest BCUT2D eigenvalue weighted by molar-refractivity contribution is 6.11. The van der Waals surface area contributed by atoms with Crippen molar-refractivity contribution >= 4 is 22.9 Å². The average Bonchev–Trinajstić information content (AvgIpc) is 3.38. The minimum Gasteiger partial charge on any atom is -0.310 e. The summed E-state index contributed by atoms with van der Waals surface area (Å²) in [4.78, 5) is 4.74. The molecule has 0 amide bonds. The molecule has 4 nitrogen and oxygen atoms in total. The molecule has 0 radical (unpaired) electrons. The van der Waals surface area contributed by atoms with E-state index in [9.17, 15) is 0 Å². The lowest BCUT2D eigenvalue weighted by atomic mass is 10.0. The monoisotopic (exact) mass is 540 g/mol. The Hall–Kier alpha value is -4.57. The Labute approximate surface area is 245 Å². The van der Waals surface area contributed by atoms with Gasteiger partial charge in [-0.15, -0.1) is 0 Å². The molecule has 1 unspecified atom stereocenters. The SMILES string of the molecule is CC.CC1=C(N(c2ccc(C3N(C)N=C(c4ccccc4)N3c3ccccc3)cc2)c2ccccc2C)C=CCC1. The maximum absolute atomic E-state index is 5.02. The number of hydrazone groups is 1. The van der Waals surface area contributed by atoms with E-state index in [0.717, 1.165) is 35.6 Å². The first-order chi connectivity index (χ1) is 20.1. The summed E-state index contributed by atoms with van der Waals surface area (Å²) < 4.78 is 0. The molecule has 4 aromatic carbocycles. The molecule has 0 aromatic heterocycles. The van der Waals surface area contributed by atoms with Crippen LogP contribution in [-0.4, -0.2) is 17.9 Å². The van der Waals surface area contributed by atoms with Gasteiger partial charge in [0.25, 0.3) is 0 Å². The highest BCUT2D eigenvalue weighted by atomic mass is 15.6. The zero-order chi connectivity index (χ0) is 28.8. The van der Waals surface area contributed by atoms with E-state index < -0.39 is 0 Å². The molecule has 0 spiro atoms. The summed E-state index contributed by atoms with van der Waals surface area (Å²) in [5.74, 6) is 0.952. The molecule has 1 aliphatic carbocycles. The van der Waals surface area contributed by atoms with Crippen LogP contribution in [-0.2, 0) is 0 Å². The summed E-state index contributed by atoms with van der Waals surface area (Å²) in [6.07, 6.45) is 6.70. The van der Waals surface area contributed by atoms with Crippen LogP contribution < -0.4 is 9.80 Å². The fourth-order valence-corrected chi connectivity index (χ4v) is 5.58. The highest BCUT2D eigenvalue weighted by Gasteiger charge is 2.35. The molecule has 6 rings (SSSR count). The molecule has 0 saturated heterocycles. The Kier molecular flexibility index (Phi) is 8.69. The van der Waals surface area contributed by atoms with Gasteiger partial charge in [-0.2, -0.15) is 5.10 Å². The number of para-hydroxylation sites is 2. The van der Waals surface area contributed by atoms with Gasteiger partial charge < -0.3 is 4.90 Å². The van der Waals surface area contributed by atoms with Crippen molar-refractivity contribution in [2.45, 2.75) is 46.7 Å². The van der Waals surface area contributed by atoms with E-state index >= 15 is 0 Å². The number of anilines is 3. The number of nitrogens with zero attached hydrogens (tertiary/aromatic N) is 4. The standard InChI is InChI=1S/C35H34N4.C2H6/c1-26-14-10-12-20-32(26)38(33-21-13-11-15-27(33)2)31-24-22-29(23-25-31)35-37(3)36-34(28-16-6-4-7-17-28)39(35)30-18-8-5-9-19-30;1-2/h4-10,12-14,16-25,35H,11,15H2,1-3H3;1-2H3. The van der Waals surface area contributed by atoms with Crippen molar-refractivity contribution in [1.29, 1.82) is 0 Å². The Morgan fingerprint density at radius 3 is 2.05 bits per heavy atom. The van der Waals surface area contributed by atoms with Gasteiger partial charge in [-0.05, 0) is 79.8 Å². The van der Waals surface area contributed by atoms with Crippen LogP contribution in [0.1, 0.15) is 56.5 Å². The van der Waals surface area contributed by atoms with Crippen LogP contribution in [0.2, 0.25) is 0 Å². The van der Waals surface area contributed by atoms with Gasteiger partial charge in [0.05, 0.1) is 0 Å². The third-order valence-corrected chi connectivity index (χ3v) is 7.59. The number of aryl methyl sites for hydroxylation is 1. The molecular weight excluding hydrogens is 500 g/mol. The zero-order valence-corrected chi connectivity index (χ0v) is 24.8. The van der Waals surface area contributed by atoms with E-state index in [1.54, 1.807) is 0 Å². The lowest BCUT2D eigenvalue weighted by molar-refractivity contribution is 0.290. The van der Waals surface area contributed by atoms with E-state index in [-0.39, 0.29) is 6.17 Å².